The predicted molar refractivity (Wildman–Crippen MR) is 116 cm³/mol. The first-order valence-corrected chi connectivity index (χ1v) is 9.89. The van der Waals surface area contributed by atoms with E-state index in [1.807, 2.05) is 36.4 Å². The summed E-state index contributed by atoms with van der Waals surface area (Å²) in [5.74, 6) is 0.214. The van der Waals surface area contributed by atoms with Crippen LogP contribution in [0.5, 0.6) is 0 Å². The zero-order chi connectivity index (χ0) is 20.2. The number of nitrogens with zero attached hydrogens (tertiary/aromatic N) is 2. The van der Waals surface area contributed by atoms with Crippen LogP contribution in [0.15, 0.2) is 60.8 Å². The molecule has 0 saturated heterocycles. The monoisotopic (exact) mass is 398 g/mol. The largest absolute Gasteiger partial charge is 0.382 e. The number of aromatic nitrogens is 4. The molecule has 0 aliphatic carbocycles. The average Bonchev–Trinajstić information content (AvgIpc) is 3.40. The van der Waals surface area contributed by atoms with Crippen LogP contribution >= 0.6 is 0 Å². The van der Waals surface area contributed by atoms with Gasteiger partial charge < -0.3 is 11.1 Å². The van der Waals surface area contributed by atoms with Crippen LogP contribution in [0.25, 0.3) is 21.8 Å². The van der Waals surface area contributed by atoms with E-state index in [2.05, 4.69) is 37.8 Å². The molecule has 6 rings (SSSR count). The van der Waals surface area contributed by atoms with Crippen LogP contribution in [0.4, 0.5) is 15.9 Å². The smallest absolute Gasteiger partial charge is 0.153 e. The average molecular weight is 398 g/mol. The Morgan fingerprint density at radius 3 is 2.67 bits per heavy atom. The molecule has 2 aromatic heterocycles. The maximum atomic E-state index is 15.2. The summed E-state index contributed by atoms with van der Waals surface area (Å²) in [5.41, 5.74) is 11.3. The van der Waals surface area contributed by atoms with Crippen molar-refractivity contribution in [3.63, 3.8) is 0 Å². The number of nitrogens with two attached hydrogens (primary N) is 1. The minimum atomic E-state index is -0.281. The number of fused-ring (bicyclic) bond motifs is 4. The van der Waals surface area contributed by atoms with Gasteiger partial charge in [0.15, 0.2) is 5.82 Å². The van der Waals surface area contributed by atoms with Crippen LogP contribution in [-0.4, -0.2) is 20.4 Å². The predicted octanol–water partition coefficient (Wildman–Crippen LogP) is 4.85. The van der Waals surface area contributed by atoms with E-state index in [-0.39, 0.29) is 17.8 Å². The lowest BCUT2D eigenvalue weighted by Crippen LogP contribution is -2.23. The van der Waals surface area contributed by atoms with Crippen molar-refractivity contribution in [3.05, 3.63) is 83.3 Å². The lowest BCUT2D eigenvalue weighted by atomic mass is 9.79. The number of hydrogen-bond acceptors (Lipinski definition) is 4. The first-order valence-electron chi connectivity index (χ1n) is 9.89. The van der Waals surface area contributed by atoms with E-state index < -0.39 is 0 Å². The quantitative estimate of drug-likeness (QED) is 0.342. The Hall–Kier alpha value is -3.87. The van der Waals surface area contributed by atoms with Gasteiger partial charge in [-0.05, 0) is 35.2 Å². The molecule has 1 aliphatic rings. The molecule has 0 bridgehead atoms. The summed E-state index contributed by atoms with van der Waals surface area (Å²) in [6.45, 7) is 0. The molecule has 1 aliphatic heterocycles. The molecule has 0 amide bonds. The molecule has 0 spiro atoms. The van der Waals surface area contributed by atoms with Gasteiger partial charge >= 0.3 is 0 Å². The van der Waals surface area contributed by atoms with Crippen molar-refractivity contribution < 1.29 is 4.39 Å². The Morgan fingerprint density at radius 1 is 0.933 bits per heavy atom. The fraction of sp³-hybridized carbons (Fsp3) is 0.130. The number of nitrogen functional groups attached to an aromatic ring is 1. The Labute approximate surface area is 171 Å². The molecular formula is C23H19FN6. The second-order valence-corrected chi connectivity index (χ2v) is 7.79. The van der Waals surface area contributed by atoms with Gasteiger partial charge in [-0.25, -0.2) is 4.39 Å². The second kappa shape index (κ2) is 6.32. The molecule has 148 valence electrons. The van der Waals surface area contributed by atoms with Crippen LogP contribution in [0, 0.1) is 5.82 Å². The molecule has 1 unspecified atom stereocenters. The van der Waals surface area contributed by atoms with Gasteiger partial charge in [0, 0.05) is 22.8 Å². The SMILES string of the molecule is Nc1n[nH]c2ccc([C@H]3CC(c4ccccc4)c4c(c(F)cc5[nH]ncc45)N3)cc12. The molecule has 0 radical (unpaired) electrons. The van der Waals surface area contributed by atoms with Crippen molar-refractivity contribution >= 4 is 33.3 Å². The van der Waals surface area contributed by atoms with Crippen molar-refractivity contribution in [2.75, 3.05) is 11.1 Å². The molecular weight excluding hydrogens is 379 g/mol. The van der Waals surface area contributed by atoms with Crippen molar-refractivity contribution in [2.45, 2.75) is 18.4 Å². The highest BCUT2D eigenvalue weighted by Crippen LogP contribution is 2.47. The van der Waals surface area contributed by atoms with E-state index in [9.17, 15) is 0 Å². The van der Waals surface area contributed by atoms with Crippen molar-refractivity contribution in [1.82, 2.24) is 20.4 Å². The highest BCUT2D eigenvalue weighted by Gasteiger charge is 2.33. The molecule has 2 atom stereocenters. The number of anilines is 2. The highest BCUT2D eigenvalue weighted by atomic mass is 19.1. The van der Waals surface area contributed by atoms with Gasteiger partial charge in [0.2, 0.25) is 0 Å². The van der Waals surface area contributed by atoms with Crippen molar-refractivity contribution in [1.29, 1.82) is 0 Å². The van der Waals surface area contributed by atoms with Crippen molar-refractivity contribution in [3.8, 4) is 0 Å². The third kappa shape index (κ3) is 2.48. The van der Waals surface area contributed by atoms with Crippen LogP contribution in [0.1, 0.15) is 35.1 Å². The summed E-state index contributed by atoms with van der Waals surface area (Å²) in [6, 6.07) is 17.7. The van der Waals surface area contributed by atoms with E-state index in [4.69, 9.17) is 5.73 Å². The normalized spacial score (nSPS) is 18.4. The minimum absolute atomic E-state index is 0.0284. The first kappa shape index (κ1) is 17.0. The van der Waals surface area contributed by atoms with Gasteiger partial charge in [0.25, 0.3) is 0 Å². The van der Waals surface area contributed by atoms with E-state index in [1.54, 1.807) is 6.20 Å². The van der Waals surface area contributed by atoms with E-state index in [1.165, 1.54) is 6.07 Å². The highest BCUT2D eigenvalue weighted by molar-refractivity contribution is 5.91. The number of benzene rings is 3. The topological polar surface area (TPSA) is 95.4 Å². The third-order valence-corrected chi connectivity index (χ3v) is 6.10. The first-order chi connectivity index (χ1) is 14.7. The third-order valence-electron chi connectivity index (χ3n) is 6.10. The zero-order valence-corrected chi connectivity index (χ0v) is 16.0. The van der Waals surface area contributed by atoms with Crippen LogP contribution in [0.2, 0.25) is 0 Å². The Morgan fingerprint density at radius 2 is 1.80 bits per heavy atom. The van der Waals surface area contributed by atoms with Crippen LogP contribution in [-0.2, 0) is 0 Å². The number of aromatic amines is 2. The molecule has 30 heavy (non-hydrogen) atoms. The van der Waals surface area contributed by atoms with Crippen molar-refractivity contribution in [2.24, 2.45) is 0 Å². The Bertz CT molecular complexity index is 1390. The fourth-order valence-electron chi connectivity index (χ4n) is 4.65. The lowest BCUT2D eigenvalue weighted by Gasteiger charge is -2.34. The molecule has 5 N–H and O–H groups in total. The van der Waals surface area contributed by atoms with E-state index >= 15 is 4.39 Å². The number of halogens is 1. The van der Waals surface area contributed by atoms with Gasteiger partial charge in [0.1, 0.15) is 5.82 Å². The van der Waals surface area contributed by atoms with Crippen LogP contribution in [0.3, 0.4) is 0 Å². The molecule has 3 heterocycles. The Kier molecular flexibility index (Phi) is 3.59. The number of hydrogen-bond donors (Lipinski definition) is 4. The molecule has 0 fully saturated rings. The standard InChI is InChI=1S/C23H19FN6/c24-17-10-20-16(11-26-28-20)21-14(12-4-2-1-3-5-12)9-19(27-22(17)21)13-6-7-18-15(8-13)23(25)30-29-18/h1-8,10-11,14,19,27H,9H2,(H,26,28)(H3,25,29,30)/t14?,19-/m1/s1. The maximum Gasteiger partial charge on any atom is 0.153 e. The molecule has 6 nitrogen and oxygen atoms in total. The summed E-state index contributed by atoms with van der Waals surface area (Å²) < 4.78 is 15.2. The fourth-order valence-corrected chi connectivity index (χ4v) is 4.65. The number of H-pyrrole nitrogens is 2. The lowest BCUT2D eigenvalue weighted by molar-refractivity contribution is 0.576. The van der Waals surface area contributed by atoms with Gasteiger partial charge in [-0.15, -0.1) is 0 Å². The maximum absolute atomic E-state index is 15.2. The van der Waals surface area contributed by atoms with Crippen LogP contribution < -0.4 is 11.1 Å². The number of nitrogens with one attached hydrogen (secondary N) is 3. The molecule has 5 aromatic rings. The van der Waals surface area contributed by atoms with E-state index in [0.29, 0.717) is 17.0 Å². The van der Waals surface area contributed by atoms with Gasteiger partial charge in [-0.2, -0.15) is 10.2 Å². The Balaban J connectivity index is 1.54. The molecule has 7 heteroatoms. The second-order valence-electron chi connectivity index (χ2n) is 7.79. The van der Waals surface area contributed by atoms with Gasteiger partial charge in [-0.3, -0.25) is 10.2 Å². The summed E-state index contributed by atoms with van der Waals surface area (Å²) >= 11 is 0. The summed E-state index contributed by atoms with van der Waals surface area (Å²) in [4.78, 5) is 0. The summed E-state index contributed by atoms with van der Waals surface area (Å²) in [7, 11) is 0. The summed E-state index contributed by atoms with van der Waals surface area (Å²) in [5, 5.41) is 19.3. The molecule has 0 saturated carbocycles. The summed E-state index contributed by atoms with van der Waals surface area (Å²) in [6.07, 6.45) is 2.56. The minimum Gasteiger partial charge on any atom is -0.382 e. The van der Waals surface area contributed by atoms with Gasteiger partial charge in [-0.1, -0.05) is 36.4 Å². The molecule has 3 aromatic carbocycles. The number of rotatable bonds is 2. The van der Waals surface area contributed by atoms with Gasteiger partial charge in [0.05, 0.1) is 29.0 Å². The van der Waals surface area contributed by atoms with E-state index in [0.717, 1.165) is 39.4 Å². The zero-order valence-electron chi connectivity index (χ0n) is 16.0.